The van der Waals surface area contributed by atoms with E-state index in [9.17, 15) is 4.79 Å². The first kappa shape index (κ1) is 55.2. The first-order valence-corrected chi connectivity index (χ1v) is 39.1. The number of unbranched alkanes of at least 4 members (excludes halogenated alkanes) is 10. The molecule has 1 unspecified atom stereocenters. The van der Waals surface area contributed by atoms with Crippen LogP contribution in [0, 0.1) is 0 Å². The average molecular weight is 928 g/mol. The van der Waals surface area contributed by atoms with Crippen molar-refractivity contribution >= 4 is 39.2 Å². The van der Waals surface area contributed by atoms with Gasteiger partial charge in [-0.1, -0.05) is 90.4 Å². The molecule has 0 aromatic carbocycles. The maximum Gasteiger partial charge on any atom is 0.334 e. The first-order chi connectivity index (χ1) is 28.5. The summed E-state index contributed by atoms with van der Waals surface area (Å²) in [5.41, 5.74) is 0.786. The van der Waals surface area contributed by atoms with Crippen LogP contribution in [0.3, 0.4) is 0 Å². The van der Waals surface area contributed by atoms with Gasteiger partial charge < -0.3 is 31.9 Å². The molecule has 9 atom stereocenters. The number of rotatable bonds is 33. The van der Waals surface area contributed by atoms with E-state index >= 15 is 0 Å². The molecule has 3 heterocycles. The lowest BCUT2D eigenvalue weighted by molar-refractivity contribution is -0.139. The van der Waals surface area contributed by atoms with Gasteiger partial charge in [0, 0.05) is 24.2 Å². The Labute approximate surface area is 381 Å². The van der Waals surface area contributed by atoms with Gasteiger partial charge in [0.1, 0.15) is 6.10 Å². The third-order valence-electron chi connectivity index (χ3n) is 12.1. The van der Waals surface area contributed by atoms with Gasteiger partial charge in [-0.15, -0.1) is 0 Å². The molecule has 2 fully saturated rings. The van der Waals surface area contributed by atoms with E-state index in [2.05, 4.69) is 85.5 Å². The quantitative estimate of drug-likeness (QED) is 0.0366. The number of esters is 1. The van der Waals surface area contributed by atoms with E-state index in [0.29, 0.717) is 12.5 Å². The molecule has 61 heavy (non-hydrogen) atoms. The van der Waals surface area contributed by atoms with Crippen molar-refractivity contribution in [3.63, 3.8) is 0 Å². The molecule has 0 saturated carbocycles. The van der Waals surface area contributed by atoms with Crippen LogP contribution in [0.4, 0.5) is 0 Å². The van der Waals surface area contributed by atoms with Crippen LogP contribution in [-0.2, 0) is 36.7 Å². The topological polar surface area (TPSA) is 81.7 Å². The number of carbonyl (C=O) groups is 1. The normalized spacial score (nSPS) is 24.9. The van der Waals surface area contributed by atoms with Crippen LogP contribution < -0.4 is 0 Å². The van der Waals surface area contributed by atoms with Crippen molar-refractivity contribution in [1.29, 1.82) is 0 Å². The molecule has 3 aliphatic heterocycles. The van der Waals surface area contributed by atoms with Crippen LogP contribution in [0.25, 0.3) is 0 Å². The van der Waals surface area contributed by atoms with E-state index in [1.165, 1.54) is 51.4 Å². The van der Waals surface area contributed by atoms with Crippen molar-refractivity contribution in [3.8, 4) is 0 Å². The van der Waals surface area contributed by atoms with E-state index in [1.54, 1.807) is 0 Å². The van der Waals surface area contributed by atoms with Gasteiger partial charge in [0.2, 0.25) is 0 Å². The summed E-state index contributed by atoms with van der Waals surface area (Å²) in [6, 6.07) is 0. The zero-order valence-corrected chi connectivity index (χ0v) is 46.3. The number of ether oxygens (including phenoxy) is 3. The maximum atomic E-state index is 12.3. The van der Waals surface area contributed by atoms with Gasteiger partial charge in [0.25, 0.3) is 0 Å². The molecule has 0 bridgehead atoms. The van der Waals surface area contributed by atoms with E-state index < -0.39 is 33.3 Å². The van der Waals surface area contributed by atoms with Gasteiger partial charge in [0.15, 0.2) is 33.3 Å². The number of carbonyl (C=O) groups excluding carboxylic acids is 1. The SMILES string of the molecule is CCCCCCCCCC[C@@H](O[Si](C)(C)C)[C@H]1CC[C@@H]([C@H]2CC[C@H]([C@@H](CCCCC(CCCCC[C@H](CC3=C[C@H](C)OC3=O)O[Si](C)(C)C)O[Si](C)(C)C)O[Si](C)(C)C)O2)O1. The zero-order chi connectivity index (χ0) is 45.3. The molecule has 0 spiro atoms. The van der Waals surface area contributed by atoms with Crippen LogP contribution in [0.15, 0.2) is 11.6 Å². The van der Waals surface area contributed by atoms with Crippen LogP contribution >= 0.6 is 0 Å². The smallest absolute Gasteiger partial charge is 0.334 e. The second-order valence-corrected chi connectivity index (χ2v) is 40.9. The minimum Gasteiger partial charge on any atom is -0.455 e. The summed E-state index contributed by atoms with van der Waals surface area (Å²) in [6.07, 6.45) is 29.9. The molecule has 0 aromatic heterocycles. The lowest BCUT2D eigenvalue weighted by Crippen LogP contribution is -2.41. The Balaban J connectivity index is 1.47. The average Bonchev–Trinajstić information content (AvgIpc) is 3.88. The van der Waals surface area contributed by atoms with E-state index in [-0.39, 0.29) is 54.8 Å². The van der Waals surface area contributed by atoms with E-state index in [0.717, 1.165) is 95.5 Å². The molecule has 2 saturated heterocycles. The first-order valence-electron chi connectivity index (χ1n) is 25.4. The Morgan fingerprint density at radius 1 is 0.525 bits per heavy atom. The Hall–Kier alpha value is -0.162. The fraction of sp³-hybridized carbons (Fsp3) is 0.939. The number of cyclic esters (lactones) is 1. The highest BCUT2D eigenvalue weighted by Crippen LogP contribution is 2.37. The third-order valence-corrected chi connectivity index (χ3v) is 16.2. The van der Waals surface area contributed by atoms with Gasteiger partial charge in [-0.2, -0.15) is 0 Å². The number of hydrogen-bond acceptors (Lipinski definition) is 8. The highest BCUT2D eigenvalue weighted by atomic mass is 28.4. The summed E-state index contributed by atoms with van der Waals surface area (Å²) in [5, 5.41) is 0. The van der Waals surface area contributed by atoms with Crippen LogP contribution in [0.5, 0.6) is 0 Å². The van der Waals surface area contributed by atoms with Crippen molar-refractivity contribution < 1.29 is 36.7 Å². The van der Waals surface area contributed by atoms with Crippen molar-refractivity contribution in [3.05, 3.63) is 11.6 Å². The largest absolute Gasteiger partial charge is 0.455 e. The van der Waals surface area contributed by atoms with Crippen molar-refractivity contribution in [1.82, 2.24) is 0 Å². The molecular weight excluding hydrogens is 829 g/mol. The minimum atomic E-state index is -1.77. The highest BCUT2D eigenvalue weighted by molar-refractivity contribution is 6.70. The summed E-state index contributed by atoms with van der Waals surface area (Å²) in [5.74, 6) is -0.172. The van der Waals surface area contributed by atoms with Crippen molar-refractivity contribution in [2.75, 3.05) is 0 Å². The fourth-order valence-electron chi connectivity index (χ4n) is 9.63. The van der Waals surface area contributed by atoms with Gasteiger partial charge in [-0.05, 0) is 149 Å². The summed E-state index contributed by atoms with van der Waals surface area (Å²) in [4.78, 5) is 12.3. The zero-order valence-electron chi connectivity index (χ0n) is 42.3. The summed E-state index contributed by atoms with van der Waals surface area (Å²) >= 11 is 0. The molecule has 12 heteroatoms. The molecule has 0 N–H and O–H groups in total. The molecule has 8 nitrogen and oxygen atoms in total. The predicted octanol–water partition coefficient (Wildman–Crippen LogP) is 14.3. The van der Waals surface area contributed by atoms with Crippen LogP contribution in [0.1, 0.15) is 162 Å². The predicted molar refractivity (Wildman–Crippen MR) is 266 cm³/mol. The van der Waals surface area contributed by atoms with Gasteiger partial charge in [-0.3, -0.25) is 0 Å². The second-order valence-electron chi connectivity index (χ2n) is 23.0. The lowest BCUT2D eigenvalue weighted by Gasteiger charge is -2.32. The van der Waals surface area contributed by atoms with Crippen LogP contribution in [0.2, 0.25) is 78.6 Å². The third kappa shape index (κ3) is 24.3. The van der Waals surface area contributed by atoms with Crippen LogP contribution in [-0.4, -0.2) is 94.2 Å². The minimum absolute atomic E-state index is 0.0778. The lowest BCUT2D eigenvalue weighted by atomic mass is 9.99. The van der Waals surface area contributed by atoms with E-state index in [1.807, 2.05) is 13.0 Å². The van der Waals surface area contributed by atoms with Crippen molar-refractivity contribution in [2.24, 2.45) is 0 Å². The maximum absolute atomic E-state index is 12.3. The Morgan fingerprint density at radius 2 is 0.902 bits per heavy atom. The Kier molecular flexibility index (Phi) is 24.3. The fourth-order valence-corrected chi connectivity index (χ4v) is 14.4. The molecule has 0 aromatic rings. The summed E-state index contributed by atoms with van der Waals surface area (Å²) < 4.78 is 46.3. The summed E-state index contributed by atoms with van der Waals surface area (Å²) in [7, 11) is -6.89. The molecule has 358 valence electrons. The Bertz CT molecular complexity index is 1250. The van der Waals surface area contributed by atoms with Gasteiger partial charge in [0.05, 0.1) is 36.6 Å². The molecular formula is C49H98O8Si4. The number of hydrogen-bond donors (Lipinski definition) is 0. The molecule has 0 amide bonds. The van der Waals surface area contributed by atoms with Crippen molar-refractivity contribution in [2.45, 2.75) is 295 Å². The highest BCUT2D eigenvalue weighted by Gasteiger charge is 2.43. The molecule has 3 aliphatic rings. The monoisotopic (exact) mass is 927 g/mol. The molecule has 0 aliphatic carbocycles. The Morgan fingerprint density at radius 3 is 1.34 bits per heavy atom. The molecule has 3 rings (SSSR count). The second kappa shape index (κ2) is 26.8. The standard InChI is InChI=1S/C49H98O8Si4/c1-15-16-17-18-19-20-21-25-31-47(56-60(9,10)11)45-35-33-43(52-45)44-34-36-46(53-44)48(57-61(12,13)14)32-27-26-29-41(54-58(3,4)5)28-23-22-24-30-42(55-59(6,7)8)38-40-37-39(2)51-49(40)50/h37,39,41-48H,15-36,38H2,1-14H3/t39-,41?,42+,43-,44+,45+,46+,47+,48+/m0/s1. The van der Waals surface area contributed by atoms with E-state index in [4.69, 9.17) is 31.9 Å². The van der Waals surface area contributed by atoms with Gasteiger partial charge >= 0.3 is 5.97 Å². The summed E-state index contributed by atoms with van der Waals surface area (Å²) in [6.45, 7) is 31.8. The van der Waals surface area contributed by atoms with Gasteiger partial charge in [-0.25, -0.2) is 4.79 Å². The molecule has 0 radical (unpaired) electrons.